The summed E-state index contributed by atoms with van der Waals surface area (Å²) in [6, 6.07) is 5.71. The summed E-state index contributed by atoms with van der Waals surface area (Å²) in [5, 5.41) is 7.48. The summed E-state index contributed by atoms with van der Waals surface area (Å²) < 4.78 is 0. The van der Waals surface area contributed by atoms with Crippen LogP contribution in [0.1, 0.15) is 57.7 Å². The highest BCUT2D eigenvalue weighted by atomic mass is 32.1. The van der Waals surface area contributed by atoms with Gasteiger partial charge in [0, 0.05) is 49.2 Å². The minimum Gasteiger partial charge on any atom is -0.371 e. The average molecular weight is 454 g/mol. The number of thiazole rings is 1. The van der Waals surface area contributed by atoms with Gasteiger partial charge in [-0.05, 0) is 57.7 Å². The van der Waals surface area contributed by atoms with Crippen molar-refractivity contribution in [1.29, 1.82) is 0 Å². The van der Waals surface area contributed by atoms with Gasteiger partial charge in [-0.3, -0.25) is 9.59 Å². The zero-order valence-electron chi connectivity index (χ0n) is 18.8. The summed E-state index contributed by atoms with van der Waals surface area (Å²) in [6.45, 7) is 8.14. The molecule has 3 heterocycles. The molecule has 1 aromatic heterocycles. The molecule has 5 rings (SSSR count). The molecular weight excluding hydrogens is 422 g/mol. The molecule has 0 bridgehead atoms. The maximum absolute atomic E-state index is 13.9. The molecule has 32 heavy (non-hydrogen) atoms. The quantitative estimate of drug-likeness (QED) is 0.725. The van der Waals surface area contributed by atoms with Crippen molar-refractivity contribution in [2.24, 2.45) is 5.92 Å². The van der Waals surface area contributed by atoms with E-state index in [1.807, 2.05) is 30.0 Å². The maximum atomic E-state index is 13.9. The number of nitrogens with zero attached hydrogens (tertiary/aromatic N) is 3. The lowest BCUT2D eigenvalue weighted by Crippen LogP contribution is -2.49. The Labute approximate surface area is 193 Å². The van der Waals surface area contributed by atoms with Crippen molar-refractivity contribution in [1.82, 2.24) is 15.2 Å². The van der Waals surface area contributed by atoms with Crippen LogP contribution < -0.4 is 15.5 Å². The summed E-state index contributed by atoms with van der Waals surface area (Å²) in [5.74, 6) is 0.287. The maximum Gasteiger partial charge on any atom is 0.256 e. The highest BCUT2D eigenvalue weighted by Gasteiger charge is 2.34. The SMILES string of the molecule is Cc1nc(C2CNCCN2C(=O)c2ccc(NC(=O)C3CC3)cc2N2CCCC2)sc1C. The molecule has 2 amide bonds. The number of benzene rings is 1. The fraction of sp³-hybridized carbons (Fsp3) is 0.542. The number of anilines is 2. The summed E-state index contributed by atoms with van der Waals surface area (Å²) in [6.07, 6.45) is 4.20. The van der Waals surface area contributed by atoms with Gasteiger partial charge >= 0.3 is 0 Å². The largest absolute Gasteiger partial charge is 0.371 e. The van der Waals surface area contributed by atoms with Crippen molar-refractivity contribution in [3.8, 4) is 0 Å². The third-order valence-corrected chi connectivity index (χ3v) is 7.90. The van der Waals surface area contributed by atoms with Crippen LogP contribution in [0.4, 0.5) is 11.4 Å². The van der Waals surface area contributed by atoms with E-state index in [0.29, 0.717) is 18.7 Å². The molecule has 7 nitrogen and oxygen atoms in total. The number of aromatic nitrogens is 1. The van der Waals surface area contributed by atoms with Crippen LogP contribution in [0.15, 0.2) is 18.2 Å². The topological polar surface area (TPSA) is 77.6 Å². The normalized spacial score (nSPS) is 21.1. The molecule has 2 aliphatic heterocycles. The van der Waals surface area contributed by atoms with Crippen molar-refractivity contribution in [2.75, 3.05) is 42.9 Å². The first-order valence-corrected chi connectivity index (χ1v) is 12.5. The highest BCUT2D eigenvalue weighted by Crippen LogP contribution is 2.35. The monoisotopic (exact) mass is 453 g/mol. The summed E-state index contributed by atoms with van der Waals surface area (Å²) >= 11 is 1.68. The van der Waals surface area contributed by atoms with E-state index in [9.17, 15) is 9.59 Å². The van der Waals surface area contributed by atoms with Crippen molar-refractivity contribution < 1.29 is 9.59 Å². The number of amides is 2. The van der Waals surface area contributed by atoms with Gasteiger partial charge < -0.3 is 20.4 Å². The second-order valence-corrected chi connectivity index (χ2v) is 10.3. The predicted molar refractivity (Wildman–Crippen MR) is 127 cm³/mol. The van der Waals surface area contributed by atoms with E-state index in [4.69, 9.17) is 4.98 Å². The molecule has 1 atom stereocenters. The predicted octanol–water partition coefficient (Wildman–Crippen LogP) is 3.50. The number of rotatable bonds is 5. The zero-order chi connectivity index (χ0) is 22.2. The average Bonchev–Trinajstić information content (AvgIpc) is 3.41. The van der Waals surface area contributed by atoms with Crippen LogP contribution in [-0.2, 0) is 4.79 Å². The molecule has 1 unspecified atom stereocenters. The van der Waals surface area contributed by atoms with Crippen LogP contribution in [0, 0.1) is 19.8 Å². The minimum absolute atomic E-state index is 0.0453. The highest BCUT2D eigenvalue weighted by molar-refractivity contribution is 7.11. The Bertz CT molecular complexity index is 1010. The third-order valence-electron chi connectivity index (χ3n) is 6.72. The Kier molecular flexibility index (Phi) is 5.90. The summed E-state index contributed by atoms with van der Waals surface area (Å²) in [4.78, 5) is 36.4. The second-order valence-electron chi connectivity index (χ2n) is 9.10. The van der Waals surface area contributed by atoms with Gasteiger partial charge in [0.25, 0.3) is 5.91 Å². The first kappa shape index (κ1) is 21.4. The van der Waals surface area contributed by atoms with Gasteiger partial charge in [0.1, 0.15) is 5.01 Å². The Morgan fingerprint density at radius 1 is 1.16 bits per heavy atom. The third kappa shape index (κ3) is 4.26. The molecule has 0 spiro atoms. The van der Waals surface area contributed by atoms with Crippen LogP contribution in [0.5, 0.6) is 0 Å². The molecule has 2 aromatic rings. The lowest BCUT2D eigenvalue weighted by molar-refractivity contribution is -0.117. The zero-order valence-corrected chi connectivity index (χ0v) is 19.6. The summed E-state index contributed by atoms with van der Waals surface area (Å²) in [7, 11) is 0. The Hall–Kier alpha value is -2.45. The van der Waals surface area contributed by atoms with Crippen molar-refractivity contribution in [3.05, 3.63) is 39.3 Å². The molecule has 1 aliphatic carbocycles. The van der Waals surface area contributed by atoms with Crippen LogP contribution in [0.2, 0.25) is 0 Å². The number of nitrogens with one attached hydrogen (secondary N) is 2. The van der Waals surface area contributed by atoms with E-state index in [1.165, 1.54) is 4.88 Å². The molecular formula is C24H31N5O2S. The number of carbonyl (C=O) groups is 2. The van der Waals surface area contributed by atoms with Crippen molar-refractivity contribution in [3.63, 3.8) is 0 Å². The van der Waals surface area contributed by atoms with Crippen molar-refractivity contribution >= 4 is 34.5 Å². The van der Waals surface area contributed by atoms with Crippen LogP contribution >= 0.6 is 11.3 Å². The smallest absolute Gasteiger partial charge is 0.256 e. The van der Waals surface area contributed by atoms with Gasteiger partial charge in [0.05, 0.1) is 23.0 Å². The van der Waals surface area contributed by atoms with Gasteiger partial charge in [-0.25, -0.2) is 4.98 Å². The van der Waals surface area contributed by atoms with Gasteiger partial charge in [0.15, 0.2) is 0 Å². The lowest BCUT2D eigenvalue weighted by Gasteiger charge is -2.36. The molecule has 3 fully saturated rings. The molecule has 2 N–H and O–H groups in total. The molecule has 3 aliphatic rings. The first-order valence-electron chi connectivity index (χ1n) is 11.7. The Morgan fingerprint density at radius 2 is 1.94 bits per heavy atom. The molecule has 170 valence electrons. The van der Waals surface area contributed by atoms with Gasteiger partial charge in [-0.2, -0.15) is 0 Å². The number of hydrogen-bond acceptors (Lipinski definition) is 6. The number of piperazine rings is 1. The Morgan fingerprint density at radius 3 is 2.62 bits per heavy atom. The number of carbonyl (C=O) groups excluding carboxylic acids is 2. The van der Waals surface area contributed by atoms with E-state index in [0.717, 1.165) is 67.4 Å². The molecule has 8 heteroatoms. The van der Waals surface area contributed by atoms with Crippen LogP contribution in [0.25, 0.3) is 0 Å². The van der Waals surface area contributed by atoms with E-state index >= 15 is 0 Å². The fourth-order valence-corrected chi connectivity index (χ4v) is 5.60. The van der Waals surface area contributed by atoms with Crippen LogP contribution in [0.3, 0.4) is 0 Å². The molecule has 2 saturated heterocycles. The number of aryl methyl sites for hydroxylation is 2. The molecule has 0 radical (unpaired) electrons. The Balaban J connectivity index is 1.45. The van der Waals surface area contributed by atoms with Crippen LogP contribution in [-0.4, -0.2) is 54.4 Å². The number of hydrogen-bond donors (Lipinski definition) is 2. The summed E-state index contributed by atoms with van der Waals surface area (Å²) in [5.41, 5.74) is 3.47. The molecule has 1 saturated carbocycles. The molecule has 1 aromatic carbocycles. The van der Waals surface area contributed by atoms with Gasteiger partial charge in [-0.1, -0.05) is 0 Å². The lowest BCUT2D eigenvalue weighted by atomic mass is 10.1. The minimum atomic E-state index is -0.0608. The van der Waals surface area contributed by atoms with Gasteiger partial charge in [-0.15, -0.1) is 11.3 Å². The standard InChI is InChI=1S/C24H31N5O2S/c1-15-16(2)32-23(26-15)21-14-25-9-12-29(21)24(31)19-8-7-18(27-22(30)17-5-6-17)13-20(19)28-10-3-4-11-28/h7-8,13,17,21,25H,3-6,9-12,14H2,1-2H3,(H,27,30). The first-order chi connectivity index (χ1) is 15.5. The van der Waals surface area contributed by atoms with E-state index < -0.39 is 0 Å². The van der Waals surface area contributed by atoms with Crippen molar-refractivity contribution in [2.45, 2.75) is 45.6 Å². The van der Waals surface area contributed by atoms with Gasteiger partial charge in [0.2, 0.25) is 5.91 Å². The van der Waals surface area contributed by atoms with E-state index in [2.05, 4.69) is 22.5 Å². The van der Waals surface area contributed by atoms with E-state index in [1.54, 1.807) is 11.3 Å². The second kappa shape index (κ2) is 8.83. The van der Waals surface area contributed by atoms with E-state index in [-0.39, 0.29) is 23.8 Å². The fourth-order valence-electron chi connectivity index (χ4n) is 4.56.